The molecule has 1 saturated carbocycles. The summed E-state index contributed by atoms with van der Waals surface area (Å²) < 4.78 is 0. The van der Waals surface area contributed by atoms with Gasteiger partial charge in [-0.1, -0.05) is 0 Å². The van der Waals surface area contributed by atoms with Gasteiger partial charge in [-0.3, -0.25) is 0 Å². The van der Waals surface area contributed by atoms with Crippen LogP contribution < -0.4 is 11.1 Å². The Morgan fingerprint density at radius 1 is 1.25 bits per heavy atom. The molecule has 4 N–H and O–H groups in total. The number of nitrogens with two attached hydrogens (primary N) is 1. The van der Waals surface area contributed by atoms with Crippen LogP contribution in [0, 0.1) is 5.92 Å². The molecular formula is C9H18N2O. The second-order valence-electron chi connectivity index (χ2n) is 4.09. The van der Waals surface area contributed by atoms with Gasteiger partial charge < -0.3 is 16.2 Å². The molecule has 1 aliphatic carbocycles. The van der Waals surface area contributed by atoms with Crippen molar-refractivity contribution in [3.05, 3.63) is 0 Å². The fourth-order valence-corrected chi connectivity index (χ4v) is 2.65. The molecule has 0 radical (unpaired) electrons. The Morgan fingerprint density at radius 3 is 2.83 bits per heavy atom. The van der Waals surface area contributed by atoms with Gasteiger partial charge >= 0.3 is 0 Å². The van der Waals surface area contributed by atoms with Gasteiger partial charge in [0, 0.05) is 18.0 Å². The van der Waals surface area contributed by atoms with Crippen molar-refractivity contribution in [2.24, 2.45) is 11.7 Å². The third-order valence-electron chi connectivity index (χ3n) is 3.30. The normalized spacial score (nSPS) is 48.5. The maximum absolute atomic E-state index is 9.75. The third-order valence-corrected chi connectivity index (χ3v) is 3.30. The van der Waals surface area contributed by atoms with Gasteiger partial charge in [-0.2, -0.15) is 0 Å². The van der Waals surface area contributed by atoms with Crippen molar-refractivity contribution in [2.45, 2.75) is 43.9 Å². The highest BCUT2D eigenvalue weighted by Gasteiger charge is 2.38. The first-order valence-corrected chi connectivity index (χ1v) is 4.96. The number of hydrogen-bond acceptors (Lipinski definition) is 3. The SMILES string of the molecule is NC1CCNC2CCCC(O)C12. The Kier molecular flexibility index (Phi) is 2.35. The van der Waals surface area contributed by atoms with Crippen LogP contribution in [0.2, 0.25) is 0 Å². The summed E-state index contributed by atoms with van der Waals surface area (Å²) in [4.78, 5) is 0. The van der Waals surface area contributed by atoms with Crippen LogP contribution in [0.1, 0.15) is 25.7 Å². The Hall–Kier alpha value is -0.120. The second-order valence-corrected chi connectivity index (χ2v) is 4.09. The molecule has 1 saturated heterocycles. The number of rotatable bonds is 0. The summed E-state index contributed by atoms with van der Waals surface area (Å²) in [6.07, 6.45) is 4.12. The highest BCUT2D eigenvalue weighted by Crippen LogP contribution is 2.30. The Bertz CT molecular complexity index is 147. The molecule has 0 aromatic heterocycles. The largest absolute Gasteiger partial charge is 0.393 e. The summed E-state index contributed by atoms with van der Waals surface area (Å²) in [5.41, 5.74) is 5.98. The molecule has 1 aliphatic heterocycles. The minimum Gasteiger partial charge on any atom is -0.393 e. The van der Waals surface area contributed by atoms with E-state index in [1.165, 1.54) is 6.42 Å². The van der Waals surface area contributed by atoms with E-state index in [1.807, 2.05) is 0 Å². The molecule has 2 rings (SSSR count). The highest BCUT2D eigenvalue weighted by molar-refractivity contribution is 4.95. The molecule has 0 amide bonds. The first-order chi connectivity index (χ1) is 5.79. The monoisotopic (exact) mass is 170 g/mol. The van der Waals surface area contributed by atoms with Crippen molar-refractivity contribution >= 4 is 0 Å². The molecule has 0 bridgehead atoms. The fourth-order valence-electron chi connectivity index (χ4n) is 2.65. The minimum atomic E-state index is -0.161. The molecule has 4 atom stereocenters. The summed E-state index contributed by atoms with van der Waals surface area (Å²) >= 11 is 0. The predicted octanol–water partition coefficient (Wildman–Crippen LogP) is -0.163. The highest BCUT2D eigenvalue weighted by atomic mass is 16.3. The molecule has 70 valence electrons. The lowest BCUT2D eigenvalue weighted by atomic mass is 9.75. The molecule has 12 heavy (non-hydrogen) atoms. The van der Waals surface area contributed by atoms with E-state index in [-0.39, 0.29) is 12.1 Å². The van der Waals surface area contributed by atoms with Gasteiger partial charge in [0.2, 0.25) is 0 Å². The summed E-state index contributed by atoms with van der Waals surface area (Å²) in [6, 6.07) is 0.698. The van der Waals surface area contributed by atoms with Gasteiger partial charge in [0.05, 0.1) is 6.10 Å². The van der Waals surface area contributed by atoms with Crippen LogP contribution in [0.4, 0.5) is 0 Å². The predicted molar refractivity (Wildman–Crippen MR) is 47.7 cm³/mol. The van der Waals surface area contributed by atoms with Crippen molar-refractivity contribution in [1.82, 2.24) is 5.32 Å². The molecule has 3 nitrogen and oxygen atoms in total. The lowest BCUT2D eigenvalue weighted by Gasteiger charge is -2.43. The van der Waals surface area contributed by atoms with E-state index in [0.29, 0.717) is 12.0 Å². The first kappa shape index (κ1) is 8.48. The Morgan fingerprint density at radius 2 is 2.08 bits per heavy atom. The zero-order valence-corrected chi connectivity index (χ0v) is 7.37. The van der Waals surface area contributed by atoms with Crippen LogP contribution in [0.5, 0.6) is 0 Å². The van der Waals surface area contributed by atoms with E-state index in [9.17, 15) is 5.11 Å². The molecule has 3 heteroatoms. The van der Waals surface area contributed by atoms with E-state index in [1.54, 1.807) is 0 Å². The summed E-state index contributed by atoms with van der Waals surface area (Å²) in [7, 11) is 0. The number of aliphatic hydroxyl groups is 1. The second kappa shape index (κ2) is 3.32. The molecule has 2 aliphatic rings. The van der Waals surface area contributed by atoms with Crippen LogP contribution in [-0.4, -0.2) is 29.8 Å². The molecule has 0 aromatic rings. The summed E-state index contributed by atoms with van der Waals surface area (Å²) in [5.74, 6) is 0.312. The number of hydrogen-bond donors (Lipinski definition) is 3. The number of piperidine rings is 1. The maximum atomic E-state index is 9.75. The molecule has 2 fully saturated rings. The molecule has 0 spiro atoms. The smallest absolute Gasteiger partial charge is 0.0598 e. The van der Waals surface area contributed by atoms with Crippen LogP contribution >= 0.6 is 0 Å². The zero-order chi connectivity index (χ0) is 8.55. The van der Waals surface area contributed by atoms with Crippen molar-refractivity contribution < 1.29 is 5.11 Å². The van der Waals surface area contributed by atoms with Crippen molar-refractivity contribution in [2.75, 3.05) is 6.54 Å². The first-order valence-electron chi connectivity index (χ1n) is 4.96. The molecule has 0 aromatic carbocycles. The van der Waals surface area contributed by atoms with E-state index < -0.39 is 0 Å². The summed E-state index contributed by atoms with van der Waals surface area (Å²) in [6.45, 7) is 1.02. The maximum Gasteiger partial charge on any atom is 0.0598 e. The average Bonchev–Trinajstić information content (AvgIpc) is 2.04. The van der Waals surface area contributed by atoms with Crippen LogP contribution in [0.15, 0.2) is 0 Å². The molecule has 4 unspecified atom stereocenters. The molecule has 1 heterocycles. The zero-order valence-electron chi connectivity index (χ0n) is 7.37. The Balaban J connectivity index is 2.07. The minimum absolute atomic E-state index is 0.161. The van der Waals surface area contributed by atoms with Gasteiger partial charge in [0.1, 0.15) is 0 Å². The van der Waals surface area contributed by atoms with Crippen LogP contribution in [0.3, 0.4) is 0 Å². The van der Waals surface area contributed by atoms with Crippen molar-refractivity contribution in [3.8, 4) is 0 Å². The van der Waals surface area contributed by atoms with E-state index in [4.69, 9.17) is 5.73 Å². The summed E-state index contributed by atoms with van der Waals surface area (Å²) in [5, 5.41) is 13.2. The van der Waals surface area contributed by atoms with Gasteiger partial charge in [-0.25, -0.2) is 0 Å². The standard InChI is InChI=1S/C9H18N2O/c10-6-4-5-11-7-2-1-3-8(12)9(6)7/h6-9,11-12H,1-5,10H2. The average molecular weight is 170 g/mol. The van der Waals surface area contributed by atoms with Crippen molar-refractivity contribution in [1.29, 1.82) is 0 Å². The quantitative estimate of drug-likeness (QED) is 0.473. The topological polar surface area (TPSA) is 58.3 Å². The lowest BCUT2D eigenvalue weighted by Crippen LogP contribution is -2.57. The molecular weight excluding hydrogens is 152 g/mol. The van der Waals surface area contributed by atoms with Gasteiger partial charge in [0.25, 0.3) is 0 Å². The van der Waals surface area contributed by atoms with Crippen LogP contribution in [-0.2, 0) is 0 Å². The van der Waals surface area contributed by atoms with E-state index >= 15 is 0 Å². The van der Waals surface area contributed by atoms with Gasteiger partial charge in [0.15, 0.2) is 0 Å². The van der Waals surface area contributed by atoms with Gasteiger partial charge in [-0.05, 0) is 32.2 Å². The van der Waals surface area contributed by atoms with E-state index in [2.05, 4.69) is 5.32 Å². The third kappa shape index (κ3) is 1.37. The fraction of sp³-hybridized carbons (Fsp3) is 1.00. The van der Waals surface area contributed by atoms with Crippen molar-refractivity contribution in [3.63, 3.8) is 0 Å². The number of nitrogens with one attached hydrogen (secondary N) is 1. The Labute approximate surface area is 73.3 Å². The number of fused-ring (bicyclic) bond motifs is 1. The number of aliphatic hydroxyl groups excluding tert-OH is 1. The van der Waals surface area contributed by atoms with Crippen LogP contribution in [0.25, 0.3) is 0 Å². The van der Waals surface area contributed by atoms with Gasteiger partial charge in [-0.15, -0.1) is 0 Å². The van der Waals surface area contributed by atoms with E-state index in [0.717, 1.165) is 25.8 Å². The lowest BCUT2D eigenvalue weighted by molar-refractivity contribution is 0.0195.